The van der Waals surface area contributed by atoms with E-state index in [1.807, 2.05) is 6.07 Å². The summed E-state index contributed by atoms with van der Waals surface area (Å²) in [5.41, 5.74) is -4.59. The molecule has 3 aliphatic rings. The van der Waals surface area contributed by atoms with Crippen LogP contribution >= 0.6 is 7.75 Å². The Balaban J connectivity index is 1.37. The molecule has 5 rings (SSSR count). The molecule has 1 aromatic heterocycles. The molecule has 0 bridgehead atoms. The van der Waals surface area contributed by atoms with Gasteiger partial charge in [0.25, 0.3) is 5.56 Å². The molecular formula is C27H33N4O9P. The minimum Gasteiger partial charge on any atom is -0.461 e. The molecule has 13 nitrogen and oxygen atoms in total. The van der Waals surface area contributed by atoms with Crippen molar-refractivity contribution in [2.45, 2.75) is 88.6 Å². The SMILES string of the molecule is C[C@H](NP(=O)(Oc1ccccc1)O[C@H]1CC12OC(n1ccc(=O)[nH]c1=O)[C@](C)(C#N)[C@@H]2O)C(=O)OC1CCCCC1. The van der Waals surface area contributed by atoms with Crippen LogP contribution in [0.5, 0.6) is 5.75 Å². The minimum atomic E-state index is -4.30. The van der Waals surface area contributed by atoms with Gasteiger partial charge in [0.1, 0.15) is 41.1 Å². The van der Waals surface area contributed by atoms with Gasteiger partial charge in [-0.3, -0.25) is 23.7 Å². The number of carbonyl (C=O) groups is 1. The van der Waals surface area contributed by atoms with Crippen molar-refractivity contribution in [3.8, 4) is 11.8 Å². The number of aliphatic hydroxyl groups excluding tert-OH is 1. The Bertz CT molecular complexity index is 1480. The Kier molecular flexibility index (Phi) is 7.98. The lowest BCUT2D eigenvalue weighted by Gasteiger charge is -2.27. The van der Waals surface area contributed by atoms with Gasteiger partial charge in [-0.25, -0.2) is 9.36 Å². The summed E-state index contributed by atoms with van der Waals surface area (Å²) < 4.78 is 38.5. The van der Waals surface area contributed by atoms with Crippen molar-refractivity contribution >= 4 is 13.7 Å². The van der Waals surface area contributed by atoms with E-state index in [0.29, 0.717) is 0 Å². The number of benzene rings is 1. The lowest BCUT2D eigenvalue weighted by atomic mass is 9.83. The van der Waals surface area contributed by atoms with Crippen molar-refractivity contribution in [2.24, 2.45) is 5.41 Å². The molecule has 2 aliphatic carbocycles. The topological polar surface area (TPSA) is 182 Å². The van der Waals surface area contributed by atoms with Crippen LogP contribution in [0.25, 0.3) is 0 Å². The summed E-state index contributed by atoms with van der Waals surface area (Å²) in [6.45, 7) is 2.91. The molecule has 1 spiro atoms. The first-order chi connectivity index (χ1) is 19.5. The van der Waals surface area contributed by atoms with Gasteiger partial charge in [0.2, 0.25) is 0 Å². The Morgan fingerprint density at radius 2 is 1.95 bits per heavy atom. The molecular weight excluding hydrogens is 555 g/mol. The maximum absolute atomic E-state index is 14.1. The zero-order chi connectivity index (χ0) is 29.4. The van der Waals surface area contributed by atoms with Crippen molar-refractivity contribution in [1.29, 1.82) is 5.26 Å². The van der Waals surface area contributed by atoms with Gasteiger partial charge in [-0.1, -0.05) is 24.6 Å². The molecule has 3 fully saturated rings. The number of hydrogen-bond donors (Lipinski definition) is 3. The summed E-state index contributed by atoms with van der Waals surface area (Å²) in [4.78, 5) is 39.0. The van der Waals surface area contributed by atoms with E-state index in [-0.39, 0.29) is 18.3 Å². The number of nitrogens with zero attached hydrogens (tertiary/aromatic N) is 2. The van der Waals surface area contributed by atoms with Gasteiger partial charge in [-0.05, 0) is 51.7 Å². The number of carbonyl (C=O) groups excluding carboxylic acids is 1. The predicted molar refractivity (Wildman–Crippen MR) is 144 cm³/mol. The second kappa shape index (κ2) is 11.2. The van der Waals surface area contributed by atoms with Gasteiger partial charge in [-0.2, -0.15) is 10.3 Å². The predicted octanol–water partition coefficient (Wildman–Crippen LogP) is 2.52. The second-order valence-electron chi connectivity index (χ2n) is 11.0. The number of H-pyrrole nitrogens is 1. The number of hydrogen-bond acceptors (Lipinski definition) is 10. The quantitative estimate of drug-likeness (QED) is 0.289. The maximum Gasteiger partial charge on any atom is 0.459 e. The summed E-state index contributed by atoms with van der Waals surface area (Å²) in [7, 11) is -4.30. The number of para-hydroxylation sites is 1. The van der Waals surface area contributed by atoms with E-state index in [1.54, 1.807) is 30.3 Å². The van der Waals surface area contributed by atoms with E-state index in [1.165, 1.54) is 20.0 Å². The highest BCUT2D eigenvalue weighted by molar-refractivity contribution is 7.52. The Hall–Kier alpha value is -3.27. The van der Waals surface area contributed by atoms with Crippen LogP contribution in [0, 0.1) is 16.7 Å². The van der Waals surface area contributed by atoms with E-state index in [0.717, 1.165) is 42.7 Å². The lowest BCUT2D eigenvalue weighted by Crippen LogP contribution is -2.41. The number of aliphatic hydroxyl groups is 1. The van der Waals surface area contributed by atoms with Gasteiger partial charge in [-0.15, -0.1) is 0 Å². The number of ether oxygens (including phenoxy) is 2. The zero-order valence-electron chi connectivity index (χ0n) is 22.7. The molecule has 1 saturated heterocycles. The molecule has 3 N–H and O–H groups in total. The highest BCUT2D eigenvalue weighted by Crippen LogP contribution is 2.64. The summed E-state index contributed by atoms with van der Waals surface area (Å²) in [6.07, 6.45) is 1.78. The standard InChI is InChI=1S/C27H33N4O9P/c1-17(22(33)37-18-9-5-3-6-10-18)30-41(36,39-19-11-7-4-8-12-19)40-20-15-27(20)23(34)26(2,16-28)24(38-27)31-14-13-21(32)29-25(31)35/h4,7-8,11-14,17-18,20,23-24,34H,3,5-6,9-10,15H2,1-2H3,(H,30,36)(H,29,32,35)/t17-,20-,23-,24?,26+,27?,41?/m0/s1. The first-order valence-corrected chi connectivity index (χ1v) is 15.1. The first-order valence-electron chi connectivity index (χ1n) is 13.6. The average Bonchev–Trinajstić information content (AvgIpc) is 3.58. The number of rotatable bonds is 9. The highest BCUT2D eigenvalue weighted by atomic mass is 31.2. The van der Waals surface area contributed by atoms with Gasteiger partial charge in [0, 0.05) is 18.7 Å². The van der Waals surface area contributed by atoms with Crippen LogP contribution in [-0.2, 0) is 23.4 Å². The third-order valence-electron chi connectivity index (χ3n) is 7.88. The van der Waals surface area contributed by atoms with Crippen LogP contribution in [0.2, 0.25) is 0 Å². The number of aromatic amines is 1. The van der Waals surface area contributed by atoms with Gasteiger partial charge in [0.05, 0.1) is 6.07 Å². The fourth-order valence-corrected chi connectivity index (χ4v) is 7.21. The van der Waals surface area contributed by atoms with Crippen LogP contribution in [0.1, 0.15) is 58.6 Å². The van der Waals surface area contributed by atoms with Gasteiger partial charge < -0.3 is 19.1 Å². The van der Waals surface area contributed by atoms with Crippen molar-refractivity contribution in [1.82, 2.24) is 14.6 Å². The summed E-state index contributed by atoms with van der Waals surface area (Å²) in [5.74, 6) is -0.395. The molecule has 2 heterocycles. The Morgan fingerprint density at radius 3 is 2.61 bits per heavy atom. The Labute approximate surface area is 236 Å². The molecule has 14 heteroatoms. The van der Waals surface area contributed by atoms with Crippen LogP contribution < -0.4 is 20.9 Å². The molecule has 0 amide bonds. The summed E-state index contributed by atoms with van der Waals surface area (Å²) in [6, 6.07) is 10.3. The van der Waals surface area contributed by atoms with Crippen molar-refractivity contribution in [3.05, 3.63) is 63.4 Å². The molecule has 7 atom stereocenters. The fourth-order valence-electron chi connectivity index (χ4n) is 5.49. The third kappa shape index (κ3) is 5.76. The molecule has 3 unspecified atom stereocenters. The molecule has 2 aromatic rings. The highest BCUT2D eigenvalue weighted by Gasteiger charge is 2.75. The third-order valence-corrected chi connectivity index (χ3v) is 9.57. The van der Waals surface area contributed by atoms with Crippen LogP contribution in [0.15, 0.2) is 52.2 Å². The monoisotopic (exact) mass is 588 g/mol. The average molecular weight is 589 g/mol. The van der Waals surface area contributed by atoms with Crippen molar-refractivity contribution < 1.29 is 33.0 Å². The smallest absolute Gasteiger partial charge is 0.459 e. The summed E-state index contributed by atoms with van der Waals surface area (Å²) in [5, 5.41) is 23.9. The fraction of sp³-hybridized carbons (Fsp3) is 0.556. The lowest BCUT2D eigenvalue weighted by molar-refractivity contribution is -0.152. The van der Waals surface area contributed by atoms with E-state index in [9.17, 15) is 29.3 Å². The largest absolute Gasteiger partial charge is 0.461 e. The van der Waals surface area contributed by atoms with Crippen LogP contribution in [-0.4, -0.2) is 50.6 Å². The Morgan fingerprint density at radius 1 is 1.24 bits per heavy atom. The van der Waals surface area contributed by atoms with Crippen molar-refractivity contribution in [3.63, 3.8) is 0 Å². The van der Waals surface area contributed by atoms with E-state index >= 15 is 0 Å². The molecule has 220 valence electrons. The zero-order valence-corrected chi connectivity index (χ0v) is 23.6. The number of nitrogens with one attached hydrogen (secondary N) is 2. The molecule has 2 saturated carbocycles. The molecule has 0 radical (unpaired) electrons. The van der Waals surface area contributed by atoms with Gasteiger partial charge >= 0.3 is 19.4 Å². The number of nitriles is 1. The number of esters is 1. The normalized spacial score (nSPS) is 31.6. The van der Waals surface area contributed by atoms with Crippen LogP contribution in [0.3, 0.4) is 0 Å². The molecule has 1 aromatic carbocycles. The van der Waals surface area contributed by atoms with E-state index in [2.05, 4.69) is 10.1 Å². The molecule has 1 aliphatic heterocycles. The van der Waals surface area contributed by atoms with Crippen molar-refractivity contribution in [2.75, 3.05) is 0 Å². The van der Waals surface area contributed by atoms with Gasteiger partial charge in [0.15, 0.2) is 6.23 Å². The molecule has 41 heavy (non-hydrogen) atoms. The first kappa shape index (κ1) is 29.2. The minimum absolute atomic E-state index is 0.0186. The summed E-state index contributed by atoms with van der Waals surface area (Å²) >= 11 is 0. The second-order valence-corrected chi connectivity index (χ2v) is 12.6. The van der Waals surface area contributed by atoms with E-state index < -0.39 is 60.5 Å². The number of aromatic nitrogens is 2. The van der Waals surface area contributed by atoms with Crippen LogP contribution in [0.4, 0.5) is 0 Å². The maximum atomic E-state index is 14.1. The van der Waals surface area contributed by atoms with E-state index in [4.69, 9.17) is 18.5 Å².